The maximum absolute atomic E-state index is 12.0. The predicted molar refractivity (Wildman–Crippen MR) is 60.3 cm³/mol. The molecule has 1 heterocycles. The van der Waals surface area contributed by atoms with Crippen molar-refractivity contribution in [3.8, 4) is 0 Å². The molecule has 1 fully saturated rings. The standard InChI is InChI=1S/C10H12N2O3S/c13-9-8-11-6-7-12(16(11,14)15)10-4-2-1-3-5-10/h1-5,9H,6-8H2. The van der Waals surface area contributed by atoms with Crippen LogP contribution in [-0.2, 0) is 15.0 Å². The molecule has 0 radical (unpaired) electrons. The van der Waals surface area contributed by atoms with E-state index < -0.39 is 10.2 Å². The van der Waals surface area contributed by atoms with E-state index in [0.717, 1.165) is 0 Å². The zero-order chi connectivity index (χ0) is 11.6. The molecule has 0 saturated carbocycles. The van der Waals surface area contributed by atoms with Crippen molar-refractivity contribution in [1.82, 2.24) is 4.31 Å². The topological polar surface area (TPSA) is 57.7 Å². The summed E-state index contributed by atoms with van der Waals surface area (Å²) in [5.41, 5.74) is 0.635. The fraction of sp³-hybridized carbons (Fsp3) is 0.300. The molecule has 1 aromatic rings. The molecule has 2 rings (SSSR count). The van der Waals surface area contributed by atoms with Crippen LogP contribution in [0.4, 0.5) is 5.69 Å². The van der Waals surface area contributed by atoms with Crippen molar-refractivity contribution in [1.29, 1.82) is 0 Å². The van der Waals surface area contributed by atoms with Gasteiger partial charge in [-0.25, -0.2) is 0 Å². The Kier molecular flexibility index (Phi) is 2.93. The number of carbonyl (C=O) groups is 1. The number of hydrogen-bond donors (Lipinski definition) is 0. The second-order valence-electron chi connectivity index (χ2n) is 3.44. The molecule has 0 bridgehead atoms. The minimum atomic E-state index is -3.51. The molecular weight excluding hydrogens is 228 g/mol. The fourth-order valence-corrected chi connectivity index (χ4v) is 3.24. The molecule has 0 spiro atoms. The van der Waals surface area contributed by atoms with Crippen molar-refractivity contribution in [2.45, 2.75) is 0 Å². The molecule has 16 heavy (non-hydrogen) atoms. The van der Waals surface area contributed by atoms with Crippen molar-refractivity contribution >= 4 is 22.2 Å². The Morgan fingerprint density at radius 3 is 2.50 bits per heavy atom. The third-order valence-corrected chi connectivity index (χ3v) is 4.41. The van der Waals surface area contributed by atoms with Crippen LogP contribution in [0.1, 0.15) is 0 Å². The van der Waals surface area contributed by atoms with E-state index in [1.807, 2.05) is 6.07 Å². The van der Waals surface area contributed by atoms with Gasteiger partial charge in [-0.2, -0.15) is 12.7 Å². The Hall–Kier alpha value is -1.40. The molecule has 5 nitrogen and oxygen atoms in total. The SMILES string of the molecule is O=CCN1CCN(c2ccccc2)S1(=O)=O. The van der Waals surface area contributed by atoms with Crippen LogP contribution in [0.2, 0.25) is 0 Å². The van der Waals surface area contributed by atoms with Crippen LogP contribution in [0.5, 0.6) is 0 Å². The van der Waals surface area contributed by atoms with Gasteiger partial charge in [0.05, 0.1) is 12.2 Å². The number of rotatable bonds is 3. The minimum absolute atomic E-state index is 0.0777. The van der Waals surface area contributed by atoms with E-state index >= 15 is 0 Å². The molecule has 0 unspecified atom stereocenters. The van der Waals surface area contributed by atoms with E-state index in [1.54, 1.807) is 24.3 Å². The molecule has 0 atom stereocenters. The zero-order valence-electron chi connectivity index (χ0n) is 8.61. The highest BCUT2D eigenvalue weighted by Crippen LogP contribution is 2.23. The monoisotopic (exact) mass is 240 g/mol. The predicted octanol–water partition coefficient (Wildman–Crippen LogP) is 0.252. The van der Waals surface area contributed by atoms with Crippen LogP contribution in [0.3, 0.4) is 0 Å². The summed E-state index contributed by atoms with van der Waals surface area (Å²) >= 11 is 0. The van der Waals surface area contributed by atoms with E-state index in [0.29, 0.717) is 25.1 Å². The molecule has 1 aliphatic heterocycles. The summed E-state index contributed by atoms with van der Waals surface area (Å²) in [5, 5.41) is 0. The highest BCUT2D eigenvalue weighted by atomic mass is 32.2. The van der Waals surface area contributed by atoms with Gasteiger partial charge >= 0.3 is 10.2 Å². The number of para-hydroxylation sites is 1. The average Bonchev–Trinajstić information content (AvgIpc) is 2.57. The van der Waals surface area contributed by atoms with Crippen molar-refractivity contribution in [2.75, 3.05) is 23.9 Å². The van der Waals surface area contributed by atoms with Gasteiger partial charge in [0.25, 0.3) is 0 Å². The fourth-order valence-electron chi connectivity index (χ4n) is 1.70. The smallest absolute Gasteiger partial charge is 0.302 e. The Balaban J connectivity index is 2.30. The molecule has 0 N–H and O–H groups in total. The zero-order valence-corrected chi connectivity index (χ0v) is 9.43. The largest absolute Gasteiger partial charge is 0.304 e. The Bertz CT molecular complexity index is 472. The van der Waals surface area contributed by atoms with Crippen LogP contribution in [-0.4, -0.2) is 38.6 Å². The van der Waals surface area contributed by atoms with Crippen LogP contribution < -0.4 is 4.31 Å². The lowest BCUT2D eigenvalue weighted by Gasteiger charge is -2.18. The van der Waals surface area contributed by atoms with Crippen molar-refractivity contribution < 1.29 is 13.2 Å². The summed E-state index contributed by atoms with van der Waals surface area (Å²) in [6, 6.07) is 8.87. The maximum Gasteiger partial charge on any atom is 0.304 e. The number of nitrogens with zero attached hydrogens (tertiary/aromatic N) is 2. The summed E-state index contributed by atoms with van der Waals surface area (Å²) in [4.78, 5) is 10.4. The Morgan fingerprint density at radius 2 is 1.88 bits per heavy atom. The van der Waals surface area contributed by atoms with E-state index in [-0.39, 0.29) is 6.54 Å². The van der Waals surface area contributed by atoms with Gasteiger partial charge in [-0.1, -0.05) is 18.2 Å². The van der Waals surface area contributed by atoms with Gasteiger partial charge < -0.3 is 4.79 Å². The van der Waals surface area contributed by atoms with Gasteiger partial charge in [0.2, 0.25) is 0 Å². The van der Waals surface area contributed by atoms with Crippen LogP contribution in [0, 0.1) is 0 Å². The molecule has 0 aromatic heterocycles. The third-order valence-electron chi connectivity index (χ3n) is 2.48. The molecule has 0 amide bonds. The van der Waals surface area contributed by atoms with E-state index in [9.17, 15) is 13.2 Å². The summed E-state index contributed by atoms with van der Waals surface area (Å²) in [6.07, 6.45) is 0.603. The average molecular weight is 240 g/mol. The van der Waals surface area contributed by atoms with Crippen molar-refractivity contribution in [2.24, 2.45) is 0 Å². The molecule has 1 saturated heterocycles. The molecule has 1 aliphatic rings. The number of benzene rings is 1. The van der Waals surface area contributed by atoms with Crippen LogP contribution in [0.25, 0.3) is 0 Å². The number of hydrogen-bond acceptors (Lipinski definition) is 3. The summed E-state index contributed by atoms with van der Waals surface area (Å²) in [5.74, 6) is 0. The van der Waals surface area contributed by atoms with Crippen molar-refractivity contribution in [3.63, 3.8) is 0 Å². The van der Waals surface area contributed by atoms with Crippen LogP contribution >= 0.6 is 0 Å². The lowest BCUT2D eigenvalue weighted by molar-refractivity contribution is -0.108. The molecule has 86 valence electrons. The first-order valence-corrected chi connectivity index (χ1v) is 6.32. The van der Waals surface area contributed by atoms with Crippen molar-refractivity contribution in [3.05, 3.63) is 30.3 Å². The van der Waals surface area contributed by atoms with E-state index in [2.05, 4.69) is 0 Å². The molecule has 0 aliphatic carbocycles. The van der Waals surface area contributed by atoms with Gasteiger partial charge in [0.1, 0.15) is 6.29 Å². The minimum Gasteiger partial charge on any atom is -0.302 e. The molecule has 1 aromatic carbocycles. The number of aldehydes is 1. The van der Waals surface area contributed by atoms with Gasteiger partial charge in [0.15, 0.2) is 0 Å². The van der Waals surface area contributed by atoms with Gasteiger partial charge in [-0.3, -0.25) is 4.31 Å². The van der Waals surface area contributed by atoms with Crippen LogP contribution in [0.15, 0.2) is 30.3 Å². The quantitative estimate of drug-likeness (QED) is 0.712. The van der Waals surface area contributed by atoms with Gasteiger partial charge in [0, 0.05) is 13.1 Å². The Morgan fingerprint density at radius 1 is 1.19 bits per heavy atom. The highest BCUT2D eigenvalue weighted by molar-refractivity contribution is 7.90. The first kappa shape index (κ1) is 11.1. The van der Waals surface area contributed by atoms with E-state index in [1.165, 1.54) is 8.61 Å². The first-order chi connectivity index (χ1) is 7.66. The van der Waals surface area contributed by atoms with E-state index in [4.69, 9.17) is 0 Å². The molecule has 6 heteroatoms. The lowest BCUT2D eigenvalue weighted by Crippen LogP contribution is -2.34. The second kappa shape index (κ2) is 4.23. The summed E-state index contributed by atoms with van der Waals surface area (Å²) < 4.78 is 26.4. The number of anilines is 1. The molecular formula is C10H12N2O3S. The van der Waals surface area contributed by atoms with Gasteiger partial charge in [-0.15, -0.1) is 0 Å². The third kappa shape index (κ3) is 1.81. The first-order valence-electron chi connectivity index (χ1n) is 4.93. The summed E-state index contributed by atoms with van der Waals surface area (Å²) in [6.45, 7) is 0.668. The lowest BCUT2D eigenvalue weighted by atomic mass is 10.3. The highest BCUT2D eigenvalue weighted by Gasteiger charge is 2.35. The normalized spacial score (nSPS) is 19.9. The Labute approximate surface area is 94.5 Å². The second-order valence-corrected chi connectivity index (χ2v) is 5.29. The van der Waals surface area contributed by atoms with Gasteiger partial charge in [-0.05, 0) is 12.1 Å². The maximum atomic E-state index is 12.0. The summed E-state index contributed by atoms with van der Waals surface area (Å²) in [7, 11) is -3.51. The number of carbonyl (C=O) groups excluding carboxylic acids is 1.